The van der Waals surface area contributed by atoms with Crippen molar-refractivity contribution in [2.45, 2.75) is 25.0 Å². The van der Waals surface area contributed by atoms with Crippen molar-refractivity contribution in [1.29, 1.82) is 0 Å². The molecule has 2 saturated heterocycles. The number of benzene rings is 2. The lowest BCUT2D eigenvalue weighted by molar-refractivity contribution is -0.151. The molecule has 2 aromatic carbocycles. The summed E-state index contributed by atoms with van der Waals surface area (Å²) in [6, 6.07) is 13.5. The number of ether oxygens (including phenoxy) is 5. The zero-order valence-corrected chi connectivity index (χ0v) is 22.6. The van der Waals surface area contributed by atoms with Crippen molar-refractivity contribution in [3.05, 3.63) is 53.6 Å². The van der Waals surface area contributed by atoms with E-state index < -0.39 is 6.10 Å². The Hall–Kier alpha value is -2.46. The molecule has 2 aromatic rings. The largest absolute Gasteiger partial charge is 0.493 e. The molecule has 2 heterocycles. The molecule has 8 nitrogen and oxygen atoms in total. The first-order valence-corrected chi connectivity index (χ1v) is 14.1. The second-order valence-electron chi connectivity index (χ2n) is 9.11. The Labute approximate surface area is 223 Å². The number of hydrogen-bond donors (Lipinski definition) is 1. The topological polar surface area (TPSA) is 78.5 Å². The Morgan fingerprint density at radius 3 is 2.73 bits per heavy atom. The molecular formula is C28H38N2O6S. The molecule has 0 spiro atoms. The Bertz CT molecular complexity index is 994. The number of nitrogens with zero attached hydrogens (tertiary/aromatic N) is 1. The van der Waals surface area contributed by atoms with Gasteiger partial charge in [-0.25, -0.2) is 0 Å². The number of thioether (sulfide) groups is 1. The van der Waals surface area contributed by atoms with Crippen LogP contribution in [0.3, 0.4) is 0 Å². The van der Waals surface area contributed by atoms with Crippen LogP contribution in [0.5, 0.6) is 17.2 Å². The minimum absolute atomic E-state index is 0.205. The molecule has 0 unspecified atom stereocenters. The predicted octanol–water partition coefficient (Wildman–Crippen LogP) is 3.34. The van der Waals surface area contributed by atoms with Crippen LogP contribution in [0.15, 0.2) is 42.5 Å². The minimum Gasteiger partial charge on any atom is -0.493 e. The highest BCUT2D eigenvalue weighted by Gasteiger charge is 2.26. The molecule has 202 valence electrons. The number of aryl methyl sites for hydroxylation is 1. The summed E-state index contributed by atoms with van der Waals surface area (Å²) in [5.41, 5.74) is 2.02. The molecule has 9 heteroatoms. The first kappa shape index (κ1) is 27.6. The van der Waals surface area contributed by atoms with Crippen LogP contribution in [0.2, 0.25) is 0 Å². The van der Waals surface area contributed by atoms with Gasteiger partial charge in [0.15, 0.2) is 11.5 Å². The van der Waals surface area contributed by atoms with Crippen LogP contribution in [0, 0.1) is 0 Å². The number of rotatable bonds is 12. The Balaban J connectivity index is 1.43. The molecule has 0 bridgehead atoms. The lowest BCUT2D eigenvalue weighted by atomic mass is 10.0. The normalized spacial score (nSPS) is 19.1. The number of methoxy groups -OCH3 is 2. The maximum Gasteiger partial charge on any atom is 0.324 e. The fourth-order valence-corrected chi connectivity index (χ4v) is 5.41. The average molecular weight is 531 g/mol. The molecule has 2 atom stereocenters. The van der Waals surface area contributed by atoms with Crippen molar-refractivity contribution >= 4 is 17.7 Å². The number of hydrogen-bond acceptors (Lipinski definition) is 9. The molecule has 37 heavy (non-hydrogen) atoms. The summed E-state index contributed by atoms with van der Waals surface area (Å²) in [5.74, 6) is 3.69. The third-order valence-corrected chi connectivity index (χ3v) is 7.68. The average Bonchev–Trinajstić information content (AvgIpc) is 2.96. The summed E-state index contributed by atoms with van der Waals surface area (Å²) < 4.78 is 28.4. The molecule has 0 aliphatic carbocycles. The van der Waals surface area contributed by atoms with Crippen LogP contribution in [-0.2, 0) is 20.7 Å². The van der Waals surface area contributed by atoms with Gasteiger partial charge in [0.1, 0.15) is 24.5 Å². The van der Waals surface area contributed by atoms with E-state index in [1.807, 2.05) is 42.5 Å². The highest BCUT2D eigenvalue weighted by atomic mass is 32.2. The third kappa shape index (κ3) is 8.26. The van der Waals surface area contributed by atoms with E-state index in [-0.39, 0.29) is 12.0 Å². The summed E-state index contributed by atoms with van der Waals surface area (Å²) in [6.07, 6.45) is 0.961. The van der Waals surface area contributed by atoms with Gasteiger partial charge in [-0.2, -0.15) is 11.8 Å². The fraction of sp³-hybridized carbons (Fsp3) is 0.536. The van der Waals surface area contributed by atoms with Crippen LogP contribution in [-0.4, -0.2) is 88.6 Å². The summed E-state index contributed by atoms with van der Waals surface area (Å²) in [7, 11) is 3.26. The molecule has 2 aliphatic rings. The van der Waals surface area contributed by atoms with E-state index in [0.717, 1.165) is 67.8 Å². The maximum atomic E-state index is 13.0. The van der Waals surface area contributed by atoms with E-state index >= 15 is 0 Å². The van der Waals surface area contributed by atoms with Crippen molar-refractivity contribution in [2.24, 2.45) is 0 Å². The highest BCUT2D eigenvalue weighted by molar-refractivity contribution is 7.99. The Kier molecular flexibility index (Phi) is 10.8. The molecule has 2 fully saturated rings. The first-order chi connectivity index (χ1) is 18.2. The van der Waals surface area contributed by atoms with E-state index in [2.05, 4.69) is 10.2 Å². The monoisotopic (exact) mass is 530 g/mol. The van der Waals surface area contributed by atoms with Gasteiger partial charge < -0.3 is 29.0 Å². The molecule has 1 N–H and O–H groups in total. The Morgan fingerprint density at radius 1 is 1.14 bits per heavy atom. The fourth-order valence-electron chi connectivity index (χ4n) is 4.49. The van der Waals surface area contributed by atoms with Crippen molar-refractivity contribution in [3.8, 4) is 17.2 Å². The van der Waals surface area contributed by atoms with E-state index in [4.69, 9.17) is 23.7 Å². The number of nitrogens with one attached hydrogen (secondary N) is 1. The standard InChI is InChI=1S/C28H38N2O6S/c1-32-26-9-7-21(18-27(26)33-2)6-8-25(36-28(31)24-20-37-17-10-29-24)22-4-3-5-23(19-22)35-16-13-30-11-14-34-15-12-30/h3-5,7,9,18-19,24-25,29H,6,8,10-17,20H2,1-2H3/t24-,25+/m0/s1. The van der Waals surface area contributed by atoms with Gasteiger partial charge in [0.25, 0.3) is 0 Å². The quantitative estimate of drug-likeness (QED) is 0.416. The number of carbonyl (C=O) groups excluding carboxylic acids is 1. The zero-order chi connectivity index (χ0) is 25.9. The lowest BCUT2D eigenvalue weighted by Crippen LogP contribution is -2.44. The summed E-state index contributed by atoms with van der Waals surface area (Å²) in [4.78, 5) is 15.4. The van der Waals surface area contributed by atoms with Crippen molar-refractivity contribution in [3.63, 3.8) is 0 Å². The van der Waals surface area contributed by atoms with Crippen LogP contribution in [0.25, 0.3) is 0 Å². The van der Waals surface area contributed by atoms with E-state index in [9.17, 15) is 4.79 Å². The van der Waals surface area contributed by atoms with Crippen molar-refractivity contribution < 1.29 is 28.5 Å². The maximum absolute atomic E-state index is 13.0. The minimum atomic E-state index is -0.392. The molecule has 0 saturated carbocycles. The molecule has 4 rings (SSSR count). The summed E-state index contributed by atoms with van der Waals surface area (Å²) in [6.45, 7) is 5.69. The van der Waals surface area contributed by atoms with Crippen molar-refractivity contribution in [1.82, 2.24) is 10.2 Å². The van der Waals surface area contributed by atoms with E-state index in [0.29, 0.717) is 30.9 Å². The van der Waals surface area contributed by atoms with Crippen LogP contribution < -0.4 is 19.5 Å². The number of carbonyl (C=O) groups is 1. The summed E-state index contributed by atoms with van der Waals surface area (Å²) in [5, 5.41) is 3.28. The predicted molar refractivity (Wildman–Crippen MR) is 145 cm³/mol. The van der Waals surface area contributed by atoms with Gasteiger partial charge in [-0.05, 0) is 48.2 Å². The zero-order valence-electron chi connectivity index (χ0n) is 21.8. The van der Waals surface area contributed by atoms with Crippen LogP contribution in [0.1, 0.15) is 23.7 Å². The van der Waals surface area contributed by atoms with Crippen LogP contribution >= 0.6 is 11.8 Å². The van der Waals surface area contributed by atoms with Gasteiger partial charge in [0.2, 0.25) is 0 Å². The smallest absolute Gasteiger partial charge is 0.324 e. The second-order valence-corrected chi connectivity index (χ2v) is 10.3. The molecule has 0 aromatic heterocycles. The molecule has 2 aliphatic heterocycles. The highest BCUT2D eigenvalue weighted by Crippen LogP contribution is 2.31. The van der Waals surface area contributed by atoms with Gasteiger partial charge in [-0.1, -0.05) is 18.2 Å². The van der Waals surface area contributed by atoms with Gasteiger partial charge in [-0.15, -0.1) is 0 Å². The van der Waals surface area contributed by atoms with E-state index in [1.54, 1.807) is 26.0 Å². The van der Waals surface area contributed by atoms with Gasteiger partial charge in [0, 0.05) is 37.7 Å². The summed E-state index contributed by atoms with van der Waals surface area (Å²) >= 11 is 1.77. The number of morpholine rings is 1. The third-order valence-electron chi connectivity index (χ3n) is 6.62. The molecular weight excluding hydrogens is 492 g/mol. The van der Waals surface area contributed by atoms with Gasteiger partial charge in [0.05, 0.1) is 27.4 Å². The Morgan fingerprint density at radius 2 is 1.97 bits per heavy atom. The second kappa shape index (κ2) is 14.5. The van der Waals surface area contributed by atoms with Crippen molar-refractivity contribution in [2.75, 3.05) is 71.7 Å². The van der Waals surface area contributed by atoms with Crippen LogP contribution in [0.4, 0.5) is 0 Å². The van der Waals surface area contributed by atoms with Gasteiger partial charge >= 0.3 is 5.97 Å². The first-order valence-electron chi connectivity index (χ1n) is 12.9. The molecule has 0 amide bonds. The van der Waals surface area contributed by atoms with Gasteiger partial charge in [-0.3, -0.25) is 9.69 Å². The number of esters is 1. The van der Waals surface area contributed by atoms with E-state index in [1.165, 1.54) is 0 Å². The SMILES string of the molecule is COc1ccc(CC[C@@H](OC(=O)[C@@H]2CSCCN2)c2cccc(OCCN3CCOCC3)c2)cc1OC. The lowest BCUT2D eigenvalue weighted by Gasteiger charge is -2.26. The molecule has 0 radical (unpaired) electrons.